The number of halogens is 2. The van der Waals surface area contributed by atoms with Crippen LogP contribution in [0, 0.1) is 5.92 Å². The molecule has 1 saturated heterocycles. The summed E-state index contributed by atoms with van der Waals surface area (Å²) in [4.78, 5) is 11.3. The van der Waals surface area contributed by atoms with Gasteiger partial charge in [0, 0.05) is 0 Å². The molecule has 1 N–H and O–H groups in total. The van der Waals surface area contributed by atoms with E-state index in [0.29, 0.717) is 5.92 Å². The van der Waals surface area contributed by atoms with E-state index in [9.17, 15) is 4.79 Å². The predicted octanol–water partition coefficient (Wildman–Crippen LogP) is -2.69. The minimum Gasteiger partial charge on any atom is -1.00 e. The van der Waals surface area contributed by atoms with E-state index in [1.165, 1.54) is 26.2 Å². The molecule has 1 atom stereocenters. The Morgan fingerprint density at radius 1 is 1.17 bits per heavy atom. The number of hydrogen-bond donors (Lipinski definition) is 1. The minimum atomic E-state index is -2.10. The Bertz CT molecular complexity index is 425. The fourth-order valence-corrected chi connectivity index (χ4v) is 10.6. The van der Waals surface area contributed by atoms with Crippen molar-refractivity contribution in [3.63, 3.8) is 0 Å². The maximum atomic E-state index is 11.3. The molecule has 0 aromatic carbocycles. The van der Waals surface area contributed by atoms with Crippen LogP contribution in [0.25, 0.3) is 0 Å². The van der Waals surface area contributed by atoms with Gasteiger partial charge in [-0.2, -0.15) is 0 Å². The summed E-state index contributed by atoms with van der Waals surface area (Å²) in [6.45, 7) is 10.7. The van der Waals surface area contributed by atoms with Crippen LogP contribution in [-0.4, -0.2) is 5.91 Å². The molecular weight excluding hydrogens is 305 g/mol. The van der Waals surface area contributed by atoms with Gasteiger partial charge in [-0.25, -0.2) is 0 Å². The number of hydrogen-bond acceptors (Lipinski definition) is 1. The summed E-state index contributed by atoms with van der Waals surface area (Å²) in [5, 5.41) is 0. The summed E-state index contributed by atoms with van der Waals surface area (Å²) in [6, 6.07) is 0. The van der Waals surface area contributed by atoms with Crippen molar-refractivity contribution in [3.05, 3.63) is 20.6 Å². The molecule has 1 heterocycles. The zero-order valence-corrected chi connectivity index (χ0v) is 14.7. The van der Waals surface area contributed by atoms with Crippen LogP contribution in [0.2, 0.25) is 9.45 Å². The number of amides is 1. The maximum Gasteiger partial charge on any atom is -1.00 e. The second-order valence-electron chi connectivity index (χ2n) is 5.33. The van der Waals surface area contributed by atoms with Gasteiger partial charge in [-0.05, 0) is 0 Å². The average Bonchev–Trinajstić information content (AvgIpc) is 2.90. The molecule has 1 aliphatic carbocycles. The summed E-state index contributed by atoms with van der Waals surface area (Å²) in [5.41, 5.74) is 4.45. The second kappa shape index (κ2) is 6.13. The molecule has 102 valence electrons. The predicted molar refractivity (Wildman–Crippen MR) is 63.7 cm³/mol. The molecule has 1 fully saturated rings. The van der Waals surface area contributed by atoms with Crippen LogP contribution in [0.1, 0.15) is 34.6 Å². The molecular formula is C13H21Cl2NOTi. The van der Waals surface area contributed by atoms with Crippen LogP contribution in [0.4, 0.5) is 0 Å². The second-order valence-corrected chi connectivity index (χ2v) is 11.5. The van der Waals surface area contributed by atoms with Crippen LogP contribution in [-0.2, 0) is 21.6 Å². The summed E-state index contributed by atoms with van der Waals surface area (Å²) in [6.07, 6.45) is 0. The monoisotopic (exact) mass is 325 g/mol. The number of carbonyl (C=O) groups is 1. The van der Waals surface area contributed by atoms with E-state index in [1.807, 2.05) is 0 Å². The maximum absolute atomic E-state index is 11.3. The third kappa shape index (κ3) is 2.87. The molecule has 1 amide bonds. The van der Waals surface area contributed by atoms with Gasteiger partial charge < -0.3 is 24.8 Å². The van der Waals surface area contributed by atoms with Crippen LogP contribution in [0.15, 0.2) is 20.6 Å². The first-order chi connectivity index (χ1) is 7.39. The van der Waals surface area contributed by atoms with Gasteiger partial charge in [-0.3, -0.25) is 0 Å². The van der Waals surface area contributed by atoms with Crippen molar-refractivity contribution >= 4 is 5.91 Å². The average molecular weight is 326 g/mol. The normalized spacial score (nSPS) is 22.6. The van der Waals surface area contributed by atoms with E-state index >= 15 is 0 Å². The molecule has 0 aromatic rings. The van der Waals surface area contributed by atoms with E-state index in [0.717, 1.165) is 0 Å². The van der Waals surface area contributed by atoms with Crippen molar-refractivity contribution in [2.75, 3.05) is 0 Å². The van der Waals surface area contributed by atoms with Crippen molar-refractivity contribution in [1.29, 1.82) is 0 Å². The summed E-state index contributed by atoms with van der Waals surface area (Å²) in [5.74, 6) is 0.751. The Kier molecular flexibility index (Phi) is 6.21. The standard InChI is InChI=1S/C9H13.C2H5NO.C2H4.2ClH.Ti/c1-6-5-7(2)9(4)8(6)3;1-2(3)4;1-2;;;/h6H,1-4H3;1H3,(H2,3,4);1-2H2;2*1H;/q;;;;;+3/p-3. The van der Waals surface area contributed by atoms with E-state index in [1.54, 1.807) is 10.8 Å². The quantitative estimate of drug-likeness (QED) is 0.551. The Labute approximate surface area is 126 Å². The molecule has 0 bridgehead atoms. The summed E-state index contributed by atoms with van der Waals surface area (Å²) in [7, 11) is 0. The van der Waals surface area contributed by atoms with E-state index in [4.69, 9.17) is 0 Å². The SMILES string of the molecule is CC(=O)[NH][Ti+2]1([C]2=C(C)C(C)=C(C)C2C)[CH2][CH2]1.[Cl-].[Cl-]. The smallest absolute Gasteiger partial charge is 1.00 e. The third-order valence-corrected chi connectivity index (χ3v) is 10.8. The Hall–Kier alpha value is 0.244. The van der Waals surface area contributed by atoms with Crippen molar-refractivity contribution < 1.29 is 46.5 Å². The molecule has 18 heavy (non-hydrogen) atoms. The van der Waals surface area contributed by atoms with E-state index in [2.05, 4.69) is 31.5 Å². The first-order valence-corrected chi connectivity index (χ1v) is 9.84. The van der Waals surface area contributed by atoms with Gasteiger partial charge in [0.05, 0.1) is 0 Å². The van der Waals surface area contributed by atoms with E-state index in [-0.39, 0.29) is 30.7 Å². The van der Waals surface area contributed by atoms with Crippen LogP contribution < -0.4 is 28.6 Å². The molecule has 5 heteroatoms. The fraction of sp³-hybridized carbons (Fsp3) is 0.615. The fourth-order valence-electron chi connectivity index (χ4n) is 3.06. The van der Waals surface area contributed by atoms with Crippen molar-refractivity contribution in [3.8, 4) is 0 Å². The molecule has 2 rings (SSSR count). The third-order valence-electron chi connectivity index (χ3n) is 4.32. The number of carbonyl (C=O) groups excluding carboxylic acids is 1. The van der Waals surface area contributed by atoms with Crippen LogP contribution >= 0.6 is 0 Å². The van der Waals surface area contributed by atoms with Gasteiger partial charge in [0.15, 0.2) is 0 Å². The Balaban J connectivity index is 0.00000144. The molecule has 2 aliphatic rings. The molecule has 1 unspecified atom stereocenters. The van der Waals surface area contributed by atoms with Gasteiger partial charge in [0.1, 0.15) is 0 Å². The first-order valence-electron chi connectivity index (χ1n) is 6.07. The Morgan fingerprint density at radius 2 is 1.67 bits per heavy atom. The first kappa shape index (κ1) is 18.2. The topological polar surface area (TPSA) is 29.1 Å². The molecule has 0 aromatic heterocycles. The molecule has 2 nitrogen and oxygen atoms in total. The van der Waals surface area contributed by atoms with Crippen LogP contribution in [0.5, 0.6) is 0 Å². The van der Waals surface area contributed by atoms with Gasteiger partial charge in [-0.15, -0.1) is 0 Å². The number of allylic oxidation sites excluding steroid dienone is 4. The Morgan fingerprint density at radius 3 is 1.94 bits per heavy atom. The largest absolute Gasteiger partial charge is 1.00 e. The number of nitrogens with one attached hydrogen (secondary N) is 1. The zero-order valence-electron chi connectivity index (χ0n) is 11.7. The van der Waals surface area contributed by atoms with Crippen molar-refractivity contribution in [2.24, 2.45) is 5.92 Å². The van der Waals surface area contributed by atoms with Gasteiger partial charge in [0.2, 0.25) is 0 Å². The van der Waals surface area contributed by atoms with Crippen molar-refractivity contribution in [2.45, 2.75) is 44.1 Å². The summed E-state index contributed by atoms with van der Waals surface area (Å²) >= 11 is -2.10. The molecule has 0 saturated carbocycles. The minimum absolute atomic E-state index is 0. The molecule has 1 aliphatic heterocycles. The molecule has 0 spiro atoms. The van der Waals surface area contributed by atoms with E-state index < -0.39 is 16.8 Å². The van der Waals surface area contributed by atoms with Gasteiger partial charge in [-0.1, -0.05) is 0 Å². The zero-order chi connectivity index (χ0) is 12.1. The molecule has 0 radical (unpaired) electrons. The van der Waals surface area contributed by atoms with Gasteiger partial charge in [0.25, 0.3) is 0 Å². The summed E-state index contributed by atoms with van der Waals surface area (Å²) < 4.78 is 7.56. The number of rotatable bonds is 2. The van der Waals surface area contributed by atoms with Crippen molar-refractivity contribution in [1.82, 2.24) is 3.80 Å². The van der Waals surface area contributed by atoms with Gasteiger partial charge >= 0.3 is 102 Å². The van der Waals surface area contributed by atoms with Crippen LogP contribution in [0.3, 0.4) is 0 Å².